The van der Waals surface area contributed by atoms with Crippen molar-refractivity contribution in [2.24, 2.45) is 5.16 Å². The Morgan fingerprint density at radius 2 is 2.25 bits per heavy atom. The highest BCUT2D eigenvalue weighted by Crippen LogP contribution is 2.27. The number of hydrogen-bond donors (Lipinski definition) is 1. The third-order valence-corrected chi connectivity index (χ3v) is 6.37. The molecule has 1 amide bonds. The van der Waals surface area contributed by atoms with E-state index in [1.807, 2.05) is 45.4 Å². The maximum Gasteiger partial charge on any atom is 0.272 e. The Balaban J connectivity index is 1.58. The first-order chi connectivity index (χ1) is 15.3. The Morgan fingerprint density at radius 1 is 1.44 bits per heavy atom. The largest absolute Gasteiger partial charge is 0.470 e. The summed E-state index contributed by atoms with van der Waals surface area (Å²) in [4.78, 5) is 22.8. The summed E-state index contributed by atoms with van der Waals surface area (Å²) < 4.78 is 12.6. The van der Waals surface area contributed by atoms with Crippen molar-refractivity contribution in [3.63, 3.8) is 0 Å². The summed E-state index contributed by atoms with van der Waals surface area (Å²) in [5.41, 5.74) is 0.760. The van der Waals surface area contributed by atoms with Crippen molar-refractivity contribution in [1.82, 2.24) is 10.3 Å². The van der Waals surface area contributed by atoms with E-state index in [0.29, 0.717) is 18.8 Å². The summed E-state index contributed by atoms with van der Waals surface area (Å²) in [6.07, 6.45) is 8.63. The lowest BCUT2D eigenvalue weighted by molar-refractivity contribution is -0.162. The van der Waals surface area contributed by atoms with E-state index in [1.165, 1.54) is 11.8 Å². The first kappa shape index (κ1) is 25.0. The zero-order chi connectivity index (χ0) is 23.1. The number of aryl methyl sites for hydroxylation is 1. The summed E-state index contributed by atoms with van der Waals surface area (Å²) in [7, 11) is 0. The highest BCUT2D eigenvalue weighted by Gasteiger charge is 2.26. The summed E-state index contributed by atoms with van der Waals surface area (Å²) >= 11 is 3.59. The van der Waals surface area contributed by atoms with Crippen molar-refractivity contribution in [2.75, 3.05) is 12.9 Å². The van der Waals surface area contributed by atoms with Gasteiger partial charge in [0.2, 0.25) is 11.7 Å². The average molecular weight is 571 g/mol. The van der Waals surface area contributed by atoms with Gasteiger partial charge in [0.05, 0.1) is 12.1 Å². The number of ether oxygens (including phenoxy) is 2. The molecule has 1 aliphatic heterocycles. The Morgan fingerprint density at radius 3 is 2.97 bits per heavy atom. The van der Waals surface area contributed by atoms with E-state index >= 15 is 0 Å². The fourth-order valence-electron chi connectivity index (χ4n) is 3.39. The number of nitrogens with one attached hydrogen (secondary N) is 1. The number of halogens is 1. The molecule has 1 saturated heterocycles. The number of nitrogens with zero attached hydrogens (tertiary/aromatic N) is 2. The van der Waals surface area contributed by atoms with Crippen molar-refractivity contribution in [1.29, 1.82) is 0 Å². The molecular formula is C23H30IN3O4S. The normalized spacial score (nSPS) is 18.0. The number of pyridine rings is 1. The van der Waals surface area contributed by atoms with Gasteiger partial charge in [0.25, 0.3) is 5.91 Å². The van der Waals surface area contributed by atoms with Gasteiger partial charge in [-0.25, -0.2) is 0 Å². The van der Waals surface area contributed by atoms with Crippen LogP contribution in [0.5, 0.6) is 5.75 Å². The van der Waals surface area contributed by atoms with E-state index in [2.05, 4.69) is 44.1 Å². The van der Waals surface area contributed by atoms with Crippen molar-refractivity contribution in [3.8, 4) is 5.75 Å². The number of rotatable bonds is 9. The van der Waals surface area contributed by atoms with Gasteiger partial charge in [-0.1, -0.05) is 5.16 Å². The van der Waals surface area contributed by atoms with Crippen molar-refractivity contribution < 1.29 is 19.1 Å². The van der Waals surface area contributed by atoms with Gasteiger partial charge in [0.15, 0.2) is 0 Å². The number of thioether (sulfide) groups is 1. The quantitative estimate of drug-likeness (QED) is 0.197. The van der Waals surface area contributed by atoms with Crippen molar-refractivity contribution in [3.05, 3.63) is 33.5 Å². The van der Waals surface area contributed by atoms with E-state index in [9.17, 15) is 4.79 Å². The van der Waals surface area contributed by atoms with E-state index in [0.717, 1.165) is 39.3 Å². The van der Waals surface area contributed by atoms with Crippen LogP contribution in [-0.4, -0.2) is 47.2 Å². The Kier molecular flexibility index (Phi) is 9.01. The van der Waals surface area contributed by atoms with Crippen LogP contribution in [-0.2, 0) is 14.4 Å². The molecule has 7 nitrogen and oxygen atoms in total. The lowest BCUT2D eigenvalue weighted by Crippen LogP contribution is -2.48. The predicted molar refractivity (Wildman–Crippen MR) is 137 cm³/mol. The van der Waals surface area contributed by atoms with E-state index in [-0.39, 0.29) is 12.2 Å². The lowest BCUT2D eigenvalue weighted by atomic mass is 10.0. The van der Waals surface area contributed by atoms with Gasteiger partial charge in [-0.2, -0.15) is 0 Å². The molecule has 32 heavy (non-hydrogen) atoms. The molecule has 0 saturated carbocycles. The fourth-order valence-corrected chi connectivity index (χ4v) is 4.34. The zero-order valence-electron chi connectivity index (χ0n) is 18.9. The zero-order valence-corrected chi connectivity index (χ0v) is 21.9. The molecule has 2 atom stereocenters. The molecule has 9 heteroatoms. The number of carbonyl (C=O) groups is 1. The molecule has 1 fully saturated rings. The first-order valence-corrected chi connectivity index (χ1v) is 13.0. The number of oxime groups is 1. The molecule has 1 aliphatic rings. The van der Waals surface area contributed by atoms with Gasteiger partial charge in [-0.15, -0.1) is 11.8 Å². The molecular weight excluding hydrogens is 541 g/mol. The average Bonchev–Trinajstić information content (AvgIpc) is 2.75. The second-order valence-electron chi connectivity index (χ2n) is 8.42. The van der Waals surface area contributed by atoms with Crippen molar-refractivity contribution in [2.45, 2.75) is 63.7 Å². The predicted octanol–water partition coefficient (Wildman–Crippen LogP) is 5.03. The summed E-state index contributed by atoms with van der Waals surface area (Å²) in [6.45, 7) is 6.59. The standard InChI is InChI=1S/C23H30IN3O4S/c1-15-11-18(13-16-12-17(24)14-25-20(15)16)30-22(32-4)21(28)27-23(2,3)8-9-26-31-19-7-5-6-10-29-19/h9,11-14,19,22H,5-8,10H2,1-4H3,(H,27,28). The molecule has 0 spiro atoms. The second-order valence-corrected chi connectivity index (χ2v) is 10.6. The number of aromatic nitrogens is 1. The molecule has 1 aromatic heterocycles. The van der Waals surface area contributed by atoms with Crippen LogP contribution >= 0.6 is 34.4 Å². The number of fused-ring (bicyclic) bond motifs is 1. The van der Waals surface area contributed by atoms with Crippen LogP contribution < -0.4 is 10.1 Å². The van der Waals surface area contributed by atoms with Crippen LogP contribution in [0.25, 0.3) is 10.9 Å². The highest BCUT2D eigenvalue weighted by molar-refractivity contribution is 14.1. The summed E-state index contributed by atoms with van der Waals surface area (Å²) in [6, 6.07) is 5.90. The number of amides is 1. The van der Waals surface area contributed by atoms with Gasteiger partial charge in [0, 0.05) is 39.7 Å². The van der Waals surface area contributed by atoms with Gasteiger partial charge >= 0.3 is 0 Å². The topological polar surface area (TPSA) is 82.0 Å². The number of carbonyl (C=O) groups excluding carboxylic acids is 1. The Hall–Kier alpha value is -1.59. The maximum absolute atomic E-state index is 12.9. The van der Waals surface area contributed by atoms with Gasteiger partial charge < -0.3 is 19.6 Å². The molecule has 1 aromatic carbocycles. The molecule has 0 aliphatic carbocycles. The third kappa shape index (κ3) is 7.21. The van der Waals surface area contributed by atoms with Gasteiger partial charge in [-0.3, -0.25) is 9.78 Å². The van der Waals surface area contributed by atoms with Gasteiger partial charge in [-0.05, 0) is 86.2 Å². The lowest BCUT2D eigenvalue weighted by Gasteiger charge is -2.27. The van der Waals surface area contributed by atoms with Crippen LogP contribution in [0.3, 0.4) is 0 Å². The van der Waals surface area contributed by atoms with E-state index < -0.39 is 11.0 Å². The Bertz CT molecular complexity index is 964. The highest BCUT2D eigenvalue weighted by atomic mass is 127. The van der Waals surface area contributed by atoms with Crippen molar-refractivity contribution >= 4 is 57.4 Å². The molecule has 2 heterocycles. The Labute approximate surface area is 207 Å². The third-order valence-electron chi connectivity index (χ3n) is 5.04. The van der Waals surface area contributed by atoms with Crippen LogP contribution in [0, 0.1) is 10.5 Å². The van der Waals surface area contributed by atoms with Crippen LogP contribution in [0.1, 0.15) is 45.1 Å². The first-order valence-electron chi connectivity index (χ1n) is 10.6. The van der Waals surface area contributed by atoms with E-state index in [4.69, 9.17) is 14.3 Å². The van der Waals surface area contributed by atoms with Crippen LogP contribution in [0.15, 0.2) is 29.6 Å². The molecule has 0 bridgehead atoms. The molecule has 2 aromatic rings. The minimum atomic E-state index is -0.675. The number of benzene rings is 1. The van der Waals surface area contributed by atoms with Crippen LogP contribution in [0.4, 0.5) is 0 Å². The molecule has 1 N–H and O–H groups in total. The van der Waals surface area contributed by atoms with Crippen LogP contribution in [0.2, 0.25) is 0 Å². The maximum atomic E-state index is 12.9. The molecule has 174 valence electrons. The number of hydrogen-bond acceptors (Lipinski definition) is 7. The monoisotopic (exact) mass is 571 g/mol. The van der Waals surface area contributed by atoms with Gasteiger partial charge in [0.1, 0.15) is 5.75 Å². The SMILES string of the molecule is CSC(Oc1cc(C)c2ncc(I)cc2c1)C(=O)NC(C)(C)CC=NOC1CCCCO1. The molecule has 3 rings (SSSR count). The summed E-state index contributed by atoms with van der Waals surface area (Å²) in [5, 5.41) is 8.06. The fraction of sp³-hybridized carbons (Fsp3) is 0.522. The molecule has 0 radical (unpaired) electrons. The second kappa shape index (κ2) is 11.5. The minimum Gasteiger partial charge on any atom is -0.470 e. The smallest absolute Gasteiger partial charge is 0.272 e. The minimum absolute atomic E-state index is 0.189. The van der Waals surface area contributed by atoms with E-state index in [1.54, 1.807) is 6.21 Å². The summed E-state index contributed by atoms with van der Waals surface area (Å²) in [5.74, 6) is 0.458. The molecule has 2 unspecified atom stereocenters.